The van der Waals surface area contributed by atoms with E-state index in [1.54, 1.807) is 0 Å². The van der Waals surface area contributed by atoms with Crippen LogP contribution in [0, 0.1) is 0 Å². The molecule has 1 atom stereocenters. The van der Waals surface area contributed by atoms with Crippen LogP contribution in [0.2, 0.25) is 0 Å². The maximum atomic E-state index is 13.3. The van der Waals surface area contributed by atoms with Gasteiger partial charge in [0.1, 0.15) is 11.5 Å². The van der Waals surface area contributed by atoms with E-state index in [1.165, 1.54) is 4.90 Å². The maximum Gasteiger partial charge on any atom is 0.325 e. The Kier molecular flexibility index (Phi) is 4.03. The lowest BCUT2D eigenvalue weighted by Crippen LogP contribution is -2.47. The van der Waals surface area contributed by atoms with Gasteiger partial charge >= 0.3 is 6.03 Å². The number of ether oxygens (including phenoxy) is 2. The number of imide groups is 1. The molecule has 3 amide bonds. The highest BCUT2D eigenvalue weighted by atomic mass is 16.5. The van der Waals surface area contributed by atoms with Gasteiger partial charge in [-0.15, -0.1) is 0 Å². The molecular formula is C20H20N2O4. The number of nitrogens with zero attached hydrogens (tertiary/aromatic N) is 1. The van der Waals surface area contributed by atoms with E-state index in [-0.39, 0.29) is 12.5 Å². The van der Waals surface area contributed by atoms with E-state index in [1.807, 2.05) is 55.5 Å². The summed E-state index contributed by atoms with van der Waals surface area (Å²) in [5, 5.41) is 2.91. The molecular weight excluding hydrogens is 332 g/mol. The number of para-hydroxylation sites is 2. The van der Waals surface area contributed by atoms with Crippen LogP contribution < -0.4 is 14.8 Å². The molecule has 1 unspecified atom stereocenters. The van der Waals surface area contributed by atoms with Crippen LogP contribution in [0.25, 0.3) is 0 Å². The summed E-state index contributed by atoms with van der Waals surface area (Å²) in [6.45, 7) is 2.97. The molecule has 2 aromatic carbocycles. The Balaban J connectivity index is 1.68. The Morgan fingerprint density at radius 1 is 1.15 bits per heavy atom. The molecule has 4 rings (SSSR count). The Morgan fingerprint density at radius 3 is 2.77 bits per heavy atom. The number of urea groups is 1. The van der Waals surface area contributed by atoms with Gasteiger partial charge in [-0.25, -0.2) is 4.79 Å². The van der Waals surface area contributed by atoms with Crippen LogP contribution >= 0.6 is 0 Å². The highest BCUT2D eigenvalue weighted by molar-refractivity contribution is 6.07. The summed E-state index contributed by atoms with van der Waals surface area (Å²) in [7, 11) is 0. The molecule has 1 spiro atoms. The Bertz CT molecular complexity index is 866. The van der Waals surface area contributed by atoms with Crippen LogP contribution in [0.3, 0.4) is 0 Å². The second-order valence-corrected chi connectivity index (χ2v) is 6.36. The number of benzene rings is 2. The van der Waals surface area contributed by atoms with Crippen molar-refractivity contribution in [1.82, 2.24) is 10.2 Å². The summed E-state index contributed by atoms with van der Waals surface area (Å²) < 4.78 is 11.3. The van der Waals surface area contributed by atoms with Crippen molar-refractivity contribution in [1.29, 1.82) is 0 Å². The quantitative estimate of drug-likeness (QED) is 0.859. The summed E-state index contributed by atoms with van der Waals surface area (Å²) in [6, 6.07) is 14.4. The molecule has 0 bridgehead atoms. The molecule has 1 fully saturated rings. The zero-order valence-electron chi connectivity index (χ0n) is 14.5. The zero-order chi connectivity index (χ0) is 18.1. The largest absolute Gasteiger partial charge is 0.494 e. The van der Waals surface area contributed by atoms with E-state index in [0.29, 0.717) is 36.7 Å². The highest BCUT2D eigenvalue weighted by Gasteiger charge is 2.54. The van der Waals surface area contributed by atoms with Gasteiger partial charge in [0, 0.05) is 17.5 Å². The molecule has 2 aromatic rings. The molecule has 0 radical (unpaired) electrons. The summed E-state index contributed by atoms with van der Waals surface area (Å²) in [5.41, 5.74) is 0.465. The molecule has 134 valence electrons. The normalized spacial score (nSPS) is 21.3. The fraction of sp³-hybridized carbons (Fsp3) is 0.300. The van der Waals surface area contributed by atoms with Crippen LogP contribution in [-0.4, -0.2) is 30.1 Å². The first-order valence-corrected chi connectivity index (χ1v) is 8.73. The average molecular weight is 352 g/mol. The second-order valence-electron chi connectivity index (χ2n) is 6.36. The average Bonchev–Trinajstić information content (AvgIpc) is 2.89. The Hall–Kier alpha value is -3.02. The Labute approximate surface area is 151 Å². The van der Waals surface area contributed by atoms with Crippen LogP contribution in [-0.2, 0) is 16.9 Å². The topological polar surface area (TPSA) is 67.9 Å². The lowest BCUT2D eigenvalue weighted by Gasteiger charge is -2.33. The number of hydrogen-bond acceptors (Lipinski definition) is 4. The molecule has 6 nitrogen and oxygen atoms in total. The number of amides is 3. The molecule has 0 saturated carbocycles. The standard InChI is InChI=1S/C20H20N2O4/c1-2-25-16-9-5-3-7-14(16)13-22-18(23)20(21-19(22)24)11-12-26-17-10-6-4-8-15(17)20/h3-10H,2,11-13H2,1H3,(H,21,24). The fourth-order valence-electron chi connectivity index (χ4n) is 3.62. The van der Waals surface area contributed by atoms with Crippen molar-refractivity contribution in [2.45, 2.75) is 25.4 Å². The lowest BCUT2D eigenvalue weighted by atomic mass is 9.84. The van der Waals surface area contributed by atoms with Gasteiger partial charge in [0.2, 0.25) is 0 Å². The molecule has 26 heavy (non-hydrogen) atoms. The van der Waals surface area contributed by atoms with Crippen molar-refractivity contribution in [3.8, 4) is 11.5 Å². The van der Waals surface area contributed by atoms with Crippen LogP contribution in [0.1, 0.15) is 24.5 Å². The molecule has 1 N–H and O–H groups in total. The number of fused-ring (bicyclic) bond motifs is 2. The summed E-state index contributed by atoms with van der Waals surface area (Å²) >= 11 is 0. The van der Waals surface area contributed by atoms with Gasteiger partial charge in [-0.2, -0.15) is 0 Å². The Morgan fingerprint density at radius 2 is 1.92 bits per heavy atom. The number of carbonyl (C=O) groups excluding carboxylic acids is 2. The number of hydrogen-bond donors (Lipinski definition) is 1. The molecule has 0 aromatic heterocycles. The predicted octanol–water partition coefficient (Wildman–Crippen LogP) is 2.82. The van der Waals surface area contributed by atoms with Gasteiger partial charge in [-0.05, 0) is 19.1 Å². The summed E-state index contributed by atoms with van der Waals surface area (Å²) in [5.74, 6) is 1.08. The smallest absolute Gasteiger partial charge is 0.325 e. The lowest BCUT2D eigenvalue weighted by molar-refractivity contribution is -0.133. The third kappa shape index (κ3) is 2.49. The fourth-order valence-corrected chi connectivity index (χ4v) is 3.62. The van der Waals surface area contributed by atoms with E-state index in [0.717, 1.165) is 5.56 Å². The van der Waals surface area contributed by atoms with Gasteiger partial charge in [-0.1, -0.05) is 36.4 Å². The van der Waals surface area contributed by atoms with Crippen molar-refractivity contribution in [2.24, 2.45) is 0 Å². The predicted molar refractivity (Wildman–Crippen MR) is 94.9 cm³/mol. The third-order valence-corrected chi connectivity index (χ3v) is 4.86. The van der Waals surface area contributed by atoms with Crippen LogP contribution in [0.4, 0.5) is 4.79 Å². The molecule has 2 heterocycles. The van der Waals surface area contributed by atoms with Crippen LogP contribution in [0.5, 0.6) is 11.5 Å². The first-order valence-electron chi connectivity index (χ1n) is 8.73. The highest BCUT2D eigenvalue weighted by Crippen LogP contribution is 2.41. The molecule has 2 aliphatic heterocycles. The van der Waals surface area contributed by atoms with Gasteiger partial charge in [-0.3, -0.25) is 9.69 Å². The van der Waals surface area contributed by atoms with Gasteiger partial charge in [0.05, 0.1) is 19.8 Å². The first-order chi connectivity index (χ1) is 12.7. The van der Waals surface area contributed by atoms with Crippen molar-refractivity contribution in [2.75, 3.05) is 13.2 Å². The number of nitrogens with one attached hydrogen (secondary N) is 1. The number of carbonyl (C=O) groups is 2. The van der Waals surface area contributed by atoms with Gasteiger partial charge < -0.3 is 14.8 Å². The van der Waals surface area contributed by atoms with E-state index < -0.39 is 11.6 Å². The van der Waals surface area contributed by atoms with Crippen molar-refractivity contribution < 1.29 is 19.1 Å². The van der Waals surface area contributed by atoms with Crippen molar-refractivity contribution >= 4 is 11.9 Å². The van der Waals surface area contributed by atoms with Crippen LogP contribution in [0.15, 0.2) is 48.5 Å². The molecule has 2 aliphatic rings. The minimum Gasteiger partial charge on any atom is -0.494 e. The maximum absolute atomic E-state index is 13.3. The zero-order valence-corrected chi connectivity index (χ0v) is 14.5. The van der Waals surface area contributed by atoms with E-state index in [9.17, 15) is 9.59 Å². The SMILES string of the molecule is CCOc1ccccc1CN1C(=O)NC2(CCOc3ccccc32)C1=O. The third-order valence-electron chi connectivity index (χ3n) is 4.86. The molecule has 6 heteroatoms. The summed E-state index contributed by atoms with van der Waals surface area (Å²) in [4.78, 5) is 27.2. The molecule has 0 aliphatic carbocycles. The van der Waals surface area contributed by atoms with Gasteiger partial charge in [0.15, 0.2) is 5.54 Å². The van der Waals surface area contributed by atoms with E-state index in [2.05, 4.69) is 5.32 Å². The minimum atomic E-state index is -1.05. The minimum absolute atomic E-state index is 0.172. The summed E-state index contributed by atoms with van der Waals surface area (Å²) in [6.07, 6.45) is 0.415. The van der Waals surface area contributed by atoms with Crippen molar-refractivity contribution in [3.05, 3.63) is 59.7 Å². The monoisotopic (exact) mass is 352 g/mol. The van der Waals surface area contributed by atoms with Gasteiger partial charge in [0.25, 0.3) is 5.91 Å². The van der Waals surface area contributed by atoms with Crippen molar-refractivity contribution in [3.63, 3.8) is 0 Å². The molecule has 1 saturated heterocycles. The van der Waals surface area contributed by atoms with E-state index in [4.69, 9.17) is 9.47 Å². The van der Waals surface area contributed by atoms with E-state index >= 15 is 0 Å². The second kappa shape index (κ2) is 6.37. The number of rotatable bonds is 4. The first kappa shape index (κ1) is 16.4.